The van der Waals surface area contributed by atoms with Crippen LogP contribution < -0.4 is 0 Å². The minimum absolute atomic E-state index is 0. The first-order valence-electron chi connectivity index (χ1n) is 20.5. The summed E-state index contributed by atoms with van der Waals surface area (Å²) in [5.74, 6) is -3.16. The number of aromatic nitrogens is 9. The van der Waals surface area contributed by atoms with E-state index in [1.807, 2.05) is 26.0 Å². The number of nitrogens with zero attached hydrogens (tertiary/aromatic N) is 9. The van der Waals surface area contributed by atoms with Crippen molar-refractivity contribution >= 4 is 113 Å². The van der Waals surface area contributed by atoms with Gasteiger partial charge in [0.2, 0.25) is 0 Å². The summed E-state index contributed by atoms with van der Waals surface area (Å²) >= 11 is 4.24. The zero-order valence-electron chi connectivity index (χ0n) is 38.3. The van der Waals surface area contributed by atoms with Gasteiger partial charge >= 0.3 is 17.9 Å². The molecule has 15 nitrogen and oxygen atoms in total. The monoisotopic (exact) mass is 1300 g/mol. The Morgan fingerprint density at radius 3 is 1.00 bits per heavy atom. The summed E-state index contributed by atoms with van der Waals surface area (Å²) in [6.07, 6.45) is 4.35. The fraction of sp³-hybridized carbons (Fsp3) is 0.100. The predicted molar refractivity (Wildman–Crippen MR) is 292 cm³/mol. The number of allylic oxidation sites excluding steroid dienone is 3. The highest BCUT2D eigenvalue weighted by molar-refractivity contribution is 15.0. The Bertz CT molecular complexity index is 3320. The number of carbonyl (C=O) groups is 3. The molecule has 0 saturated heterocycles. The summed E-state index contributed by atoms with van der Waals surface area (Å²) in [6, 6.07) is 23.4. The molecule has 0 amide bonds. The zero-order chi connectivity index (χ0) is 51.0. The van der Waals surface area contributed by atoms with Gasteiger partial charge in [-0.2, -0.15) is 15.3 Å². The van der Waals surface area contributed by atoms with E-state index in [4.69, 9.17) is 5.11 Å². The van der Waals surface area contributed by atoms with E-state index in [-0.39, 0.29) is 58.5 Å². The molecule has 0 spiro atoms. The third-order valence-corrected chi connectivity index (χ3v) is 10.1. The Morgan fingerprint density at radius 1 is 0.507 bits per heavy atom. The van der Waals surface area contributed by atoms with Crippen LogP contribution in [0.2, 0.25) is 0 Å². The Hall–Kier alpha value is -6.87. The van der Waals surface area contributed by atoms with Gasteiger partial charge in [0, 0.05) is 70.6 Å². The van der Waals surface area contributed by atoms with E-state index in [2.05, 4.69) is 96.7 Å². The maximum absolute atomic E-state index is 13.1. The van der Waals surface area contributed by atoms with Crippen LogP contribution in [0.4, 0.5) is 13.2 Å². The van der Waals surface area contributed by atoms with Crippen LogP contribution in [-0.2, 0) is 9.47 Å². The molecule has 0 aliphatic rings. The van der Waals surface area contributed by atoms with Crippen LogP contribution in [0.15, 0.2) is 129 Å². The summed E-state index contributed by atoms with van der Waals surface area (Å²) in [5, 5.41) is 22.3. The number of carboxylic acid groups (broad SMARTS) is 1. The second-order valence-corrected chi connectivity index (χ2v) is 15.2. The van der Waals surface area contributed by atoms with E-state index >= 15 is 0 Å². The van der Waals surface area contributed by atoms with Crippen molar-refractivity contribution in [3.05, 3.63) is 181 Å². The van der Waals surface area contributed by atoms with Gasteiger partial charge in [-0.05, 0) is 128 Å². The molecule has 0 atom stereocenters. The molecular formula is C50H41F3I3N9O6. The lowest BCUT2D eigenvalue weighted by Crippen LogP contribution is -2.00. The Labute approximate surface area is 444 Å². The topological polar surface area (TPSA) is 180 Å². The van der Waals surface area contributed by atoms with Gasteiger partial charge in [0.05, 0.1) is 49.9 Å². The number of carbonyl (C=O) groups excluding carboxylic acids is 2. The third kappa shape index (κ3) is 12.9. The fourth-order valence-electron chi connectivity index (χ4n) is 6.67. The normalized spacial score (nSPS) is 10.4. The lowest BCUT2D eigenvalue weighted by molar-refractivity contribution is 0.0586. The molecule has 364 valence electrons. The first kappa shape index (κ1) is 55.1. The highest BCUT2D eigenvalue weighted by Gasteiger charge is 2.19. The van der Waals surface area contributed by atoms with Gasteiger partial charge in [0.15, 0.2) is 34.0 Å². The van der Waals surface area contributed by atoms with Gasteiger partial charge in [0.25, 0.3) is 0 Å². The lowest BCUT2D eigenvalue weighted by Gasteiger charge is -2.07. The van der Waals surface area contributed by atoms with Crippen LogP contribution in [0.3, 0.4) is 0 Å². The number of hydrogen-bond donors (Lipinski definition) is 1. The van der Waals surface area contributed by atoms with E-state index in [0.717, 1.165) is 44.5 Å². The van der Waals surface area contributed by atoms with Crippen molar-refractivity contribution in [2.75, 3.05) is 14.2 Å². The number of benzene rings is 3. The van der Waals surface area contributed by atoms with Crippen molar-refractivity contribution in [2.24, 2.45) is 0 Å². The van der Waals surface area contributed by atoms with Crippen LogP contribution in [0.5, 0.6) is 0 Å². The largest absolute Gasteiger partial charge is 0.476 e. The molecular weight excluding hydrogens is 1260 g/mol. The number of carboxylic acids is 1. The molecule has 6 heterocycles. The Kier molecular flexibility index (Phi) is 18.8. The first-order chi connectivity index (χ1) is 33.4. The Balaban J connectivity index is 0.000000193. The molecule has 0 radical (unpaired) electrons. The van der Waals surface area contributed by atoms with Crippen LogP contribution in [0.1, 0.15) is 68.9 Å². The average molecular weight is 1300 g/mol. The van der Waals surface area contributed by atoms with Gasteiger partial charge in [-0.25, -0.2) is 56.1 Å². The van der Waals surface area contributed by atoms with E-state index in [9.17, 15) is 27.6 Å². The molecule has 0 bridgehead atoms. The van der Waals surface area contributed by atoms with Crippen LogP contribution in [-0.4, -0.2) is 81.0 Å². The number of rotatable bonds is 9. The first-order valence-corrected chi connectivity index (χ1v) is 26.7. The van der Waals surface area contributed by atoms with Crippen molar-refractivity contribution < 1.29 is 42.1 Å². The zero-order valence-corrected chi connectivity index (χ0v) is 45.0. The van der Waals surface area contributed by atoms with Crippen molar-refractivity contribution in [3.63, 3.8) is 0 Å². The van der Waals surface area contributed by atoms with Gasteiger partial charge in [-0.1, -0.05) is 19.7 Å². The van der Waals surface area contributed by atoms with Gasteiger partial charge in [-0.15, -0.1) is 24.0 Å². The van der Waals surface area contributed by atoms with Crippen LogP contribution >= 0.6 is 61.2 Å². The number of esters is 2. The highest BCUT2D eigenvalue weighted by Crippen LogP contribution is 2.28. The van der Waals surface area contributed by atoms with Gasteiger partial charge in [0.1, 0.15) is 17.5 Å². The molecule has 6 aromatic heterocycles. The third-order valence-electron chi connectivity index (χ3n) is 10.1. The summed E-state index contributed by atoms with van der Waals surface area (Å²) in [7, 11) is 2.59. The minimum atomic E-state index is -1.12. The molecule has 71 heavy (non-hydrogen) atoms. The summed E-state index contributed by atoms with van der Waals surface area (Å²) in [6.45, 7) is 17.3. The van der Waals surface area contributed by atoms with E-state index < -0.39 is 17.9 Å². The van der Waals surface area contributed by atoms with Crippen molar-refractivity contribution in [1.82, 2.24) is 43.8 Å². The molecule has 0 aliphatic heterocycles. The molecule has 0 saturated carbocycles. The molecule has 0 fully saturated rings. The second kappa shape index (κ2) is 24.3. The standard InChI is InChI=1S/2C17H14FN3O2.C16H12FN3O2.I2.HI/c2*1-10(2)13-8-14(11-4-6-12(18)7-5-11)20-21-9-15(17(22)23-3)19-16(13)21;1-9(2)12-7-13(10-3-5-11(17)6-4-10)19-20-8-14(16(21)22)18-15(12)20;1-2;/h2*4-9H,1H2,2-3H3;3-8H,1H2,2H3,(H,21,22);;1H. The van der Waals surface area contributed by atoms with Crippen LogP contribution in [0.25, 0.3) is 67.4 Å². The number of fused-ring (bicyclic) bond motifs is 3. The molecule has 21 heteroatoms. The summed E-state index contributed by atoms with van der Waals surface area (Å²) in [5.41, 5.74) is 10.3. The summed E-state index contributed by atoms with van der Waals surface area (Å²) < 4.78 is 53.0. The summed E-state index contributed by atoms with van der Waals surface area (Å²) in [4.78, 5) is 47.0. The molecule has 0 aliphatic carbocycles. The fourth-order valence-corrected chi connectivity index (χ4v) is 6.67. The smallest absolute Gasteiger partial charge is 0.358 e. The number of imidazole rings is 3. The van der Waals surface area contributed by atoms with E-state index in [1.54, 1.807) is 49.4 Å². The maximum Gasteiger partial charge on any atom is 0.358 e. The van der Waals surface area contributed by atoms with Crippen molar-refractivity contribution in [2.45, 2.75) is 20.8 Å². The predicted octanol–water partition coefficient (Wildman–Crippen LogP) is 12.4. The number of hydrogen-bond acceptors (Lipinski definition) is 11. The SMILES string of the molecule is C=C(C)c1cc(-c2ccc(F)cc2)nn2cc(C(=O)O)nc12.C=C(C)c1cc(-c2ccc(F)cc2)nn2cc(C(=O)OC)nc12.C=C(C)c1cc(-c2ccc(F)cc2)nn2cc(C(=O)OC)nc12.I.II. The number of methoxy groups -OCH3 is 2. The molecule has 9 rings (SSSR count). The number of ether oxygens (including phenoxy) is 2. The van der Waals surface area contributed by atoms with E-state index in [1.165, 1.54) is 82.8 Å². The quantitative estimate of drug-likeness (QED) is 0.107. The molecule has 0 unspecified atom stereocenters. The Morgan fingerprint density at radius 2 is 0.761 bits per heavy atom. The second-order valence-electron chi connectivity index (χ2n) is 15.2. The minimum Gasteiger partial charge on any atom is -0.476 e. The van der Waals surface area contributed by atoms with Gasteiger partial charge in [-0.3, -0.25) is 0 Å². The molecule has 9 aromatic rings. The maximum atomic E-state index is 13.1. The van der Waals surface area contributed by atoms with E-state index in [0.29, 0.717) is 39.6 Å². The van der Waals surface area contributed by atoms with Gasteiger partial charge < -0.3 is 14.6 Å². The van der Waals surface area contributed by atoms with Crippen molar-refractivity contribution in [3.8, 4) is 33.8 Å². The van der Waals surface area contributed by atoms with Crippen molar-refractivity contribution in [1.29, 1.82) is 0 Å². The van der Waals surface area contributed by atoms with Crippen LogP contribution in [0, 0.1) is 17.5 Å². The molecule has 1 N–H and O–H groups in total. The highest BCUT2D eigenvalue weighted by atomic mass is 128. The molecule has 3 aromatic carbocycles. The lowest BCUT2D eigenvalue weighted by atomic mass is 10.1. The number of aromatic carboxylic acids is 1. The number of halogens is 6. The average Bonchev–Trinajstić information content (AvgIpc) is 4.12.